The second-order valence-corrected chi connectivity index (χ2v) is 6.41. The average Bonchev–Trinajstić information content (AvgIpc) is 2.82. The summed E-state index contributed by atoms with van der Waals surface area (Å²) in [5, 5.41) is 0. The fraction of sp³-hybridized carbons (Fsp3) is 0.696. The Morgan fingerprint density at radius 2 is 0.875 bits per heavy atom. The smallest absolute Gasteiger partial charge is 0.150 e. The van der Waals surface area contributed by atoms with Gasteiger partial charge in [-0.15, -0.1) is 0 Å². The molecule has 0 unspecified atom stereocenters. The maximum absolute atomic E-state index is 10.6. The molecule has 9 nitrogen and oxygen atoms in total. The first kappa shape index (κ1) is 28.4. The van der Waals surface area contributed by atoms with Gasteiger partial charge >= 0.3 is 0 Å². The molecular formula is C23H38O9. The van der Waals surface area contributed by atoms with E-state index < -0.39 is 0 Å². The molecule has 0 spiro atoms. The summed E-state index contributed by atoms with van der Waals surface area (Å²) in [5.41, 5.74) is 0.624. The number of ether oxygens (including phenoxy) is 8. The lowest BCUT2D eigenvalue weighted by atomic mass is 10.2. The van der Waals surface area contributed by atoms with Gasteiger partial charge in [0, 0.05) is 12.2 Å². The molecule has 0 amide bonds. The van der Waals surface area contributed by atoms with Crippen LogP contribution in [0.4, 0.5) is 0 Å². The molecule has 0 saturated heterocycles. The molecule has 1 rings (SSSR count). The van der Waals surface area contributed by atoms with Crippen LogP contribution in [0.3, 0.4) is 0 Å². The molecule has 0 bridgehead atoms. The van der Waals surface area contributed by atoms with E-state index in [0.717, 1.165) is 6.29 Å². The minimum atomic E-state index is 0.441. The third-order valence-corrected chi connectivity index (χ3v) is 3.95. The highest BCUT2D eigenvalue weighted by Crippen LogP contribution is 2.10. The van der Waals surface area contributed by atoms with Gasteiger partial charge in [-0.25, -0.2) is 0 Å². The zero-order valence-electron chi connectivity index (χ0n) is 19.2. The van der Waals surface area contributed by atoms with E-state index in [4.69, 9.17) is 37.9 Å². The van der Waals surface area contributed by atoms with Crippen molar-refractivity contribution in [3.8, 4) is 5.75 Å². The Labute approximate surface area is 191 Å². The van der Waals surface area contributed by atoms with Crippen LogP contribution in [-0.4, -0.2) is 105 Å². The number of benzene rings is 1. The molecule has 184 valence electrons. The number of rotatable bonds is 24. The van der Waals surface area contributed by atoms with Gasteiger partial charge < -0.3 is 37.9 Å². The lowest BCUT2D eigenvalue weighted by Gasteiger charge is -2.09. The van der Waals surface area contributed by atoms with E-state index >= 15 is 0 Å². The Balaban J connectivity index is 1.70. The molecule has 1 aromatic carbocycles. The van der Waals surface area contributed by atoms with Crippen molar-refractivity contribution in [2.24, 2.45) is 0 Å². The van der Waals surface area contributed by atoms with Crippen molar-refractivity contribution in [2.75, 3.05) is 99.1 Å². The van der Waals surface area contributed by atoms with Crippen LogP contribution in [-0.2, 0) is 33.2 Å². The molecule has 9 heteroatoms. The Morgan fingerprint density at radius 3 is 1.22 bits per heavy atom. The average molecular weight is 459 g/mol. The van der Waals surface area contributed by atoms with E-state index in [1.165, 1.54) is 0 Å². The second kappa shape index (κ2) is 22.6. The first-order valence-corrected chi connectivity index (χ1v) is 11.1. The van der Waals surface area contributed by atoms with Crippen molar-refractivity contribution in [3.05, 3.63) is 29.8 Å². The molecule has 0 heterocycles. The molecule has 0 aliphatic carbocycles. The third kappa shape index (κ3) is 18.0. The molecule has 1 aromatic rings. The largest absolute Gasteiger partial charge is 0.491 e. The molecule has 0 aliphatic rings. The lowest BCUT2D eigenvalue weighted by molar-refractivity contribution is -0.0208. The fourth-order valence-electron chi connectivity index (χ4n) is 2.32. The highest BCUT2D eigenvalue weighted by molar-refractivity contribution is 5.74. The van der Waals surface area contributed by atoms with Crippen molar-refractivity contribution in [3.63, 3.8) is 0 Å². The van der Waals surface area contributed by atoms with Crippen molar-refractivity contribution in [1.29, 1.82) is 0 Å². The topological polar surface area (TPSA) is 90.9 Å². The van der Waals surface area contributed by atoms with Crippen LogP contribution in [0.25, 0.3) is 0 Å². The molecule has 0 N–H and O–H groups in total. The van der Waals surface area contributed by atoms with E-state index in [0.29, 0.717) is 110 Å². The first-order chi connectivity index (χ1) is 15.9. The molecule has 32 heavy (non-hydrogen) atoms. The number of carbonyl (C=O) groups excluding carboxylic acids is 1. The Kier molecular flexibility index (Phi) is 20.1. The maximum atomic E-state index is 10.6. The van der Waals surface area contributed by atoms with Gasteiger partial charge in [-0.05, 0) is 31.2 Å². The zero-order valence-corrected chi connectivity index (χ0v) is 19.2. The molecule has 0 fully saturated rings. The van der Waals surface area contributed by atoms with Crippen LogP contribution < -0.4 is 4.74 Å². The summed E-state index contributed by atoms with van der Waals surface area (Å²) in [4.78, 5) is 10.6. The van der Waals surface area contributed by atoms with Gasteiger partial charge in [-0.1, -0.05) is 0 Å². The highest BCUT2D eigenvalue weighted by Gasteiger charge is 1.96. The van der Waals surface area contributed by atoms with Crippen LogP contribution in [0, 0.1) is 0 Å². The molecule has 0 aromatic heterocycles. The van der Waals surface area contributed by atoms with E-state index in [1.807, 2.05) is 6.92 Å². The van der Waals surface area contributed by atoms with Gasteiger partial charge in [-0.2, -0.15) is 0 Å². The van der Waals surface area contributed by atoms with Crippen LogP contribution in [0.1, 0.15) is 17.3 Å². The quantitative estimate of drug-likeness (QED) is 0.170. The van der Waals surface area contributed by atoms with E-state index in [-0.39, 0.29) is 0 Å². The highest BCUT2D eigenvalue weighted by atomic mass is 16.6. The normalized spacial score (nSPS) is 11.0. The summed E-state index contributed by atoms with van der Waals surface area (Å²) >= 11 is 0. The molecular weight excluding hydrogens is 420 g/mol. The molecule has 0 aliphatic heterocycles. The number of hydrogen-bond donors (Lipinski definition) is 0. The summed E-state index contributed by atoms with van der Waals surface area (Å²) < 4.78 is 43.1. The van der Waals surface area contributed by atoms with Gasteiger partial charge in [0.05, 0.1) is 85.9 Å². The van der Waals surface area contributed by atoms with Gasteiger partial charge in [0.2, 0.25) is 0 Å². The van der Waals surface area contributed by atoms with E-state index in [2.05, 4.69) is 0 Å². The first-order valence-electron chi connectivity index (χ1n) is 11.1. The maximum Gasteiger partial charge on any atom is 0.150 e. The predicted octanol–water partition coefficient (Wildman–Crippen LogP) is 2.01. The summed E-state index contributed by atoms with van der Waals surface area (Å²) in [7, 11) is 0. The number of carbonyl (C=O) groups is 1. The van der Waals surface area contributed by atoms with Crippen LogP contribution in [0.2, 0.25) is 0 Å². The standard InChI is InChI=1S/C23H38O9/c1-2-25-7-8-26-9-10-27-11-12-28-13-14-29-15-16-30-17-18-31-19-20-32-23-5-3-22(21-24)4-6-23/h3-6,21H,2,7-20H2,1H3. The predicted molar refractivity (Wildman–Crippen MR) is 119 cm³/mol. The summed E-state index contributed by atoms with van der Waals surface area (Å²) in [6.45, 7) is 10.0. The Bertz CT molecular complexity index is 525. The number of aldehydes is 1. The van der Waals surface area contributed by atoms with Crippen molar-refractivity contribution >= 4 is 6.29 Å². The van der Waals surface area contributed by atoms with Gasteiger partial charge in [0.25, 0.3) is 0 Å². The molecule has 0 radical (unpaired) electrons. The lowest BCUT2D eigenvalue weighted by Crippen LogP contribution is -2.15. The minimum Gasteiger partial charge on any atom is -0.491 e. The van der Waals surface area contributed by atoms with Gasteiger partial charge in [-0.3, -0.25) is 4.79 Å². The summed E-state index contributed by atoms with van der Waals surface area (Å²) in [5.74, 6) is 0.711. The molecule has 0 atom stereocenters. The van der Waals surface area contributed by atoms with Crippen LogP contribution in [0.15, 0.2) is 24.3 Å². The monoisotopic (exact) mass is 458 g/mol. The van der Waals surface area contributed by atoms with E-state index in [9.17, 15) is 4.79 Å². The van der Waals surface area contributed by atoms with Gasteiger partial charge in [0.1, 0.15) is 18.6 Å². The zero-order chi connectivity index (χ0) is 23.0. The van der Waals surface area contributed by atoms with Gasteiger partial charge in [0.15, 0.2) is 0 Å². The van der Waals surface area contributed by atoms with Crippen molar-refractivity contribution in [1.82, 2.24) is 0 Å². The van der Waals surface area contributed by atoms with Crippen molar-refractivity contribution in [2.45, 2.75) is 6.92 Å². The SMILES string of the molecule is CCOCCOCCOCCOCCOCCOCCOCCOc1ccc(C=O)cc1. The molecule has 0 saturated carbocycles. The van der Waals surface area contributed by atoms with E-state index in [1.54, 1.807) is 24.3 Å². The number of hydrogen-bond acceptors (Lipinski definition) is 9. The second-order valence-electron chi connectivity index (χ2n) is 6.41. The fourth-order valence-corrected chi connectivity index (χ4v) is 2.32. The minimum absolute atomic E-state index is 0.441. The Morgan fingerprint density at radius 1 is 0.531 bits per heavy atom. The van der Waals surface area contributed by atoms with Crippen LogP contribution in [0.5, 0.6) is 5.75 Å². The summed E-state index contributed by atoms with van der Waals surface area (Å²) in [6, 6.07) is 6.94. The van der Waals surface area contributed by atoms with Crippen molar-refractivity contribution < 1.29 is 42.7 Å². The summed E-state index contributed by atoms with van der Waals surface area (Å²) in [6.07, 6.45) is 0.800. The third-order valence-electron chi connectivity index (χ3n) is 3.95. The Hall–Kier alpha value is -1.59. The van der Waals surface area contributed by atoms with Crippen LogP contribution >= 0.6 is 0 Å².